The predicted molar refractivity (Wildman–Crippen MR) is 21.3 cm³/mol. The normalized spacial score (nSPS) is 11.8. The Hall–Kier alpha value is -0.450. The molecule has 10 heavy (non-hydrogen) atoms. The molecule has 2 nitrogen and oxygen atoms in total. The fourth-order valence-corrected chi connectivity index (χ4v) is 0.343. The van der Waals surface area contributed by atoms with E-state index in [0.29, 0.717) is 0 Å². The molecule has 0 N–H and O–H groups in total. The monoisotopic (exact) mass is 182 g/mol. The van der Waals surface area contributed by atoms with E-state index in [1.54, 1.807) is 0 Å². The zero-order valence-electron chi connectivity index (χ0n) is 4.15. The second-order valence-corrected chi connectivity index (χ2v) is 1.66. The molecule has 8 heteroatoms. The molecule has 0 aliphatic rings. The molecule has 0 fully saturated rings. The first kappa shape index (κ1) is 9.55. The standard InChI is InChI=1S/C2F5O2P/c3-2(4,5)1(8)9-10(6)7. The molecular weight excluding hydrogens is 182 g/mol. The summed E-state index contributed by atoms with van der Waals surface area (Å²) < 4.78 is 57.5. The van der Waals surface area contributed by atoms with Crippen molar-refractivity contribution in [3.05, 3.63) is 0 Å². The van der Waals surface area contributed by atoms with Crippen LogP contribution in [0, 0.1) is 0 Å². The van der Waals surface area contributed by atoms with Crippen LogP contribution in [0.4, 0.5) is 21.6 Å². The van der Waals surface area contributed by atoms with Crippen LogP contribution in [0.2, 0.25) is 0 Å². The second kappa shape index (κ2) is 3.09. The molecule has 0 aromatic rings. The van der Waals surface area contributed by atoms with Crippen molar-refractivity contribution in [2.75, 3.05) is 0 Å². The smallest absolute Gasteiger partial charge is 0.381 e. The van der Waals surface area contributed by atoms with E-state index in [9.17, 15) is 26.4 Å². The van der Waals surface area contributed by atoms with Gasteiger partial charge in [-0.05, 0) is 0 Å². The summed E-state index contributed by atoms with van der Waals surface area (Å²) in [7, 11) is -4.27. The molecule has 0 bridgehead atoms. The number of carbonyl (C=O) groups excluding carboxylic acids is 1. The fourth-order valence-electron chi connectivity index (χ4n) is 0.114. The third kappa shape index (κ3) is 3.55. The van der Waals surface area contributed by atoms with Crippen LogP contribution >= 0.6 is 8.77 Å². The van der Waals surface area contributed by atoms with Crippen LogP contribution in [-0.2, 0) is 9.32 Å². The van der Waals surface area contributed by atoms with Crippen LogP contribution in [0.3, 0.4) is 0 Å². The number of rotatable bonds is 1. The van der Waals surface area contributed by atoms with Gasteiger partial charge in [-0.2, -0.15) is 13.2 Å². The molecule has 0 aliphatic carbocycles. The van der Waals surface area contributed by atoms with E-state index in [4.69, 9.17) is 0 Å². The van der Waals surface area contributed by atoms with E-state index in [-0.39, 0.29) is 0 Å². The molecule has 0 heterocycles. The van der Waals surface area contributed by atoms with Gasteiger partial charge in [-0.1, -0.05) is 0 Å². The van der Waals surface area contributed by atoms with Gasteiger partial charge in [-0.15, -0.1) is 8.39 Å². The average molecular weight is 182 g/mol. The van der Waals surface area contributed by atoms with E-state index < -0.39 is 20.9 Å². The lowest BCUT2D eigenvalue weighted by Crippen LogP contribution is -2.22. The summed E-state index contributed by atoms with van der Waals surface area (Å²) in [6, 6.07) is 0. The maximum absolute atomic E-state index is 11.0. The molecule has 0 spiro atoms. The Morgan fingerprint density at radius 2 is 1.70 bits per heavy atom. The summed E-state index contributed by atoms with van der Waals surface area (Å²) in [5.41, 5.74) is 0. The molecule has 0 aromatic carbocycles. The number of carbonyl (C=O) groups is 1. The van der Waals surface area contributed by atoms with Crippen molar-refractivity contribution in [1.82, 2.24) is 0 Å². The van der Waals surface area contributed by atoms with Crippen molar-refractivity contribution in [1.29, 1.82) is 0 Å². The highest BCUT2D eigenvalue weighted by Crippen LogP contribution is 2.41. The lowest BCUT2D eigenvalue weighted by atomic mass is 10.7. The Balaban J connectivity index is 3.87. The first-order valence-corrected chi connectivity index (χ1v) is 2.79. The van der Waals surface area contributed by atoms with E-state index in [1.165, 1.54) is 0 Å². The van der Waals surface area contributed by atoms with Crippen molar-refractivity contribution in [3.8, 4) is 0 Å². The highest BCUT2D eigenvalue weighted by atomic mass is 31.2. The van der Waals surface area contributed by atoms with Gasteiger partial charge in [0.05, 0.1) is 0 Å². The van der Waals surface area contributed by atoms with Gasteiger partial charge < -0.3 is 4.52 Å². The molecule has 0 unspecified atom stereocenters. The lowest BCUT2D eigenvalue weighted by molar-refractivity contribution is -0.189. The minimum Gasteiger partial charge on any atom is -0.381 e. The zero-order chi connectivity index (χ0) is 8.36. The Kier molecular flexibility index (Phi) is 2.96. The van der Waals surface area contributed by atoms with Crippen LogP contribution in [0.25, 0.3) is 0 Å². The van der Waals surface area contributed by atoms with Crippen molar-refractivity contribution in [2.24, 2.45) is 0 Å². The number of hydrogen-bond donors (Lipinski definition) is 0. The average Bonchev–Trinajstić information content (AvgIpc) is 1.60. The second-order valence-electron chi connectivity index (χ2n) is 1.08. The van der Waals surface area contributed by atoms with E-state index >= 15 is 0 Å². The number of hydrogen-bond acceptors (Lipinski definition) is 2. The maximum atomic E-state index is 11.0. The van der Waals surface area contributed by atoms with Crippen molar-refractivity contribution >= 4 is 14.7 Å². The molecule has 0 saturated carbocycles. The first-order chi connectivity index (χ1) is 4.34. The van der Waals surface area contributed by atoms with Crippen LogP contribution in [-0.4, -0.2) is 12.1 Å². The predicted octanol–water partition coefficient (Wildman–Crippen LogP) is 2.26. The zero-order valence-corrected chi connectivity index (χ0v) is 5.05. The third-order valence-corrected chi connectivity index (χ3v) is 0.687. The molecule has 0 atom stereocenters. The van der Waals surface area contributed by atoms with Gasteiger partial charge in [0.15, 0.2) is 0 Å². The minimum atomic E-state index is -5.33. The summed E-state index contributed by atoms with van der Waals surface area (Å²) >= 11 is 0. The van der Waals surface area contributed by atoms with Crippen LogP contribution in [0.15, 0.2) is 0 Å². The van der Waals surface area contributed by atoms with Crippen molar-refractivity contribution in [2.45, 2.75) is 6.18 Å². The summed E-state index contributed by atoms with van der Waals surface area (Å²) in [4.78, 5) is 9.46. The van der Waals surface area contributed by atoms with Gasteiger partial charge in [0.25, 0.3) is 0 Å². The first-order valence-electron chi connectivity index (χ1n) is 1.75. The molecule has 60 valence electrons. The van der Waals surface area contributed by atoms with E-state index in [0.717, 1.165) is 0 Å². The SMILES string of the molecule is O=C(OP(F)F)C(F)(F)F. The van der Waals surface area contributed by atoms with Crippen LogP contribution < -0.4 is 0 Å². The van der Waals surface area contributed by atoms with Crippen molar-refractivity contribution in [3.63, 3.8) is 0 Å². The minimum absolute atomic E-state index is 2.58. The van der Waals surface area contributed by atoms with Crippen LogP contribution in [0.1, 0.15) is 0 Å². The largest absolute Gasteiger partial charge is 0.491 e. The molecule has 0 radical (unpaired) electrons. The van der Waals surface area contributed by atoms with Gasteiger partial charge in [-0.3, -0.25) is 0 Å². The molecule has 0 amide bonds. The summed E-state index contributed by atoms with van der Waals surface area (Å²) in [6.45, 7) is 0. The summed E-state index contributed by atoms with van der Waals surface area (Å²) in [5.74, 6) is -2.86. The summed E-state index contributed by atoms with van der Waals surface area (Å²) in [6.07, 6.45) is -5.33. The Bertz CT molecular complexity index is 130. The summed E-state index contributed by atoms with van der Waals surface area (Å²) in [5, 5.41) is 0. The quantitative estimate of drug-likeness (QED) is 0.459. The van der Waals surface area contributed by atoms with Crippen LogP contribution in [0.5, 0.6) is 0 Å². The van der Waals surface area contributed by atoms with Crippen molar-refractivity contribution < 1.29 is 30.9 Å². The Labute approximate surface area is 53.0 Å². The molecule has 0 aromatic heterocycles. The number of halogens is 5. The molecule has 0 aliphatic heterocycles. The van der Waals surface area contributed by atoms with Gasteiger partial charge in [0.2, 0.25) is 0 Å². The molecular formula is C2F5O2P. The number of alkyl halides is 3. The Morgan fingerprint density at radius 1 is 1.30 bits per heavy atom. The fraction of sp³-hybridized carbons (Fsp3) is 0.500. The van der Waals surface area contributed by atoms with Gasteiger partial charge in [-0.25, -0.2) is 4.79 Å². The highest BCUT2D eigenvalue weighted by Gasteiger charge is 2.43. The maximum Gasteiger partial charge on any atom is 0.491 e. The van der Waals surface area contributed by atoms with E-state index in [1.807, 2.05) is 0 Å². The molecule has 0 rings (SSSR count). The van der Waals surface area contributed by atoms with Gasteiger partial charge >= 0.3 is 20.9 Å². The topological polar surface area (TPSA) is 26.3 Å². The van der Waals surface area contributed by atoms with E-state index in [2.05, 4.69) is 4.52 Å². The third-order valence-electron chi connectivity index (χ3n) is 0.383. The highest BCUT2D eigenvalue weighted by molar-refractivity contribution is 7.41. The molecule has 0 saturated heterocycles. The lowest BCUT2D eigenvalue weighted by Gasteiger charge is -2.02. The Morgan fingerprint density at radius 3 is 1.80 bits per heavy atom. The van der Waals surface area contributed by atoms with Gasteiger partial charge in [0, 0.05) is 0 Å². The van der Waals surface area contributed by atoms with Gasteiger partial charge in [0.1, 0.15) is 0 Å².